The highest BCUT2D eigenvalue weighted by molar-refractivity contribution is 7.20. The van der Waals surface area contributed by atoms with Crippen LogP contribution in [0.2, 0.25) is 0 Å². The van der Waals surface area contributed by atoms with E-state index in [2.05, 4.69) is 34.3 Å². The smallest absolute Gasteiger partial charge is 0.261 e. The van der Waals surface area contributed by atoms with Gasteiger partial charge in [0.2, 0.25) is 0 Å². The Balaban J connectivity index is 1.61. The molecule has 27 heavy (non-hydrogen) atoms. The molecule has 0 aromatic carbocycles. The molecule has 4 rings (SSSR count). The van der Waals surface area contributed by atoms with E-state index in [9.17, 15) is 4.79 Å². The number of furan rings is 1. The lowest BCUT2D eigenvalue weighted by molar-refractivity contribution is 0.0942. The van der Waals surface area contributed by atoms with Crippen LogP contribution >= 0.6 is 11.3 Å². The number of nitrogens with one attached hydrogen (secondary N) is 1. The zero-order chi connectivity index (χ0) is 19.1. The van der Waals surface area contributed by atoms with Gasteiger partial charge < -0.3 is 14.6 Å². The molecule has 1 N–H and O–H groups in total. The first-order valence-electron chi connectivity index (χ1n) is 9.22. The summed E-state index contributed by atoms with van der Waals surface area (Å²) >= 11 is 1.42. The van der Waals surface area contributed by atoms with Gasteiger partial charge in [-0.15, -0.1) is 11.3 Å². The summed E-state index contributed by atoms with van der Waals surface area (Å²) in [5.41, 5.74) is 1.81. The first-order valence-corrected chi connectivity index (χ1v) is 10.0. The second-order valence-corrected chi connectivity index (χ2v) is 8.42. The molecule has 6 nitrogen and oxygen atoms in total. The maximum Gasteiger partial charge on any atom is 0.261 e. The lowest BCUT2D eigenvalue weighted by atomic mass is 10.1. The lowest BCUT2D eigenvalue weighted by Crippen LogP contribution is -2.41. The molecule has 142 valence electrons. The van der Waals surface area contributed by atoms with E-state index in [4.69, 9.17) is 4.42 Å². The normalized spacial score (nSPS) is 15.4. The fraction of sp³-hybridized carbons (Fsp3) is 0.450. The van der Waals surface area contributed by atoms with Crippen molar-refractivity contribution in [2.24, 2.45) is 5.92 Å². The number of aryl methyl sites for hydroxylation is 2. The van der Waals surface area contributed by atoms with Crippen LogP contribution in [0.25, 0.3) is 21.8 Å². The van der Waals surface area contributed by atoms with Crippen LogP contribution in [0, 0.1) is 19.8 Å². The lowest BCUT2D eigenvalue weighted by Gasteiger charge is -2.24. The number of nitrogens with zero attached hydrogens (tertiary/aromatic N) is 3. The molecule has 0 unspecified atom stereocenters. The summed E-state index contributed by atoms with van der Waals surface area (Å²) < 4.78 is 5.42. The fourth-order valence-electron chi connectivity index (χ4n) is 3.60. The summed E-state index contributed by atoms with van der Waals surface area (Å²) in [4.78, 5) is 25.8. The molecule has 1 saturated carbocycles. The van der Waals surface area contributed by atoms with E-state index in [-0.39, 0.29) is 5.91 Å². The number of hydrogen-bond acceptors (Lipinski definition) is 6. The number of carbonyl (C=O) groups excluding carboxylic acids is 1. The van der Waals surface area contributed by atoms with Crippen molar-refractivity contribution in [1.82, 2.24) is 20.2 Å². The number of thiophene rings is 1. The van der Waals surface area contributed by atoms with E-state index >= 15 is 0 Å². The number of likely N-dealkylation sites (N-methyl/N-ethyl adjacent to an activating group) is 1. The molecule has 1 amide bonds. The molecule has 3 heterocycles. The Morgan fingerprint density at radius 3 is 2.78 bits per heavy atom. The Morgan fingerprint density at radius 1 is 1.37 bits per heavy atom. The van der Waals surface area contributed by atoms with Gasteiger partial charge in [-0.25, -0.2) is 9.97 Å². The Hall–Kier alpha value is -2.25. The van der Waals surface area contributed by atoms with Gasteiger partial charge >= 0.3 is 0 Å². The van der Waals surface area contributed by atoms with Crippen molar-refractivity contribution in [1.29, 1.82) is 0 Å². The minimum absolute atomic E-state index is 0.0260. The molecule has 1 atom stereocenters. The topological polar surface area (TPSA) is 71.3 Å². The first kappa shape index (κ1) is 18.1. The van der Waals surface area contributed by atoms with Crippen molar-refractivity contribution in [3.63, 3.8) is 0 Å². The summed E-state index contributed by atoms with van der Waals surface area (Å²) in [7, 11) is 4.16. The van der Waals surface area contributed by atoms with E-state index < -0.39 is 0 Å². The van der Waals surface area contributed by atoms with Gasteiger partial charge in [-0.05, 0) is 64.4 Å². The van der Waals surface area contributed by atoms with Crippen LogP contribution in [-0.2, 0) is 0 Å². The summed E-state index contributed by atoms with van der Waals surface area (Å²) in [6, 6.07) is 4.06. The molecule has 3 aromatic rings. The predicted octanol–water partition coefficient (Wildman–Crippen LogP) is 3.64. The van der Waals surface area contributed by atoms with Crippen LogP contribution in [0.5, 0.6) is 0 Å². The summed E-state index contributed by atoms with van der Waals surface area (Å²) in [6.07, 6.45) is 4.12. The van der Waals surface area contributed by atoms with Gasteiger partial charge in [0.15, 0.2) is 11.6 Å². The second-order valence-electron chi connectivity index (χ2n) is 7.42. The van der Waals surface area contributed by atoms with Crippen LogP contribution in [0.1, 0.15) is 33.8 Å². The zero-order valence-electron chi connectivity index (χ0n) is 16.1. The quantitative estimate of drug-likeness (QED) is 0.703. The fourth-order valence-corrected chi connectivity index (χ4v) is 4.75. The van der Waals surface area contributed by atoms with Gasteiger partial charge in [-0.2, -0.15) is 0 Å². The Bertz CT molecular complexity index is 972. The molecule has 1 fully saturated rings. The van der Waals surface area contributed by atoms with Crippen molar-refractivity contribution in [2.75, 3.05) is 20.6 Å². The molecule has 1 aliphatic carbocycles. The molecule has 0 aliphatic heterocycles. The van der Waals surface area contributed by atoms with Crippen LogP contribution in [-0.4, -0.2) is 47.5 Å². The number of fused-ring (bicyclic) bond motifs is 1. The maximum atomic E-state index is 12.8. The minimum atomic E-state index is -0.0260. The number of hydrogen-bond donors (Lipinski definition) is 1. The Morgan fingerprint density at radius 2 is 2.15 bits per heavy atom. The molecule has 0 spiro atoms. The van der Waals surface area contributed by atoms with Gasteiger partial charge in [-0.3, -0.25) is 4.79 Å². The van der Waals surface area contributed by atoms with Crippen LogP contribution < -0.4 is 5.32 Å². The summed E-state index contributed by atoms with van der Waals surface area (Å²) in [5, 5.41) is 4.09. The van der Waals surface area contributed by atoms with Crippen molar-refractivity contribution < 1.29 is 9.21 Å². The number of carbonyl (C=O) groups is 1. The van der Waals surface area contributed by atoms with Crippen LogP contribution in [0.4, 0.5) is 0 Å². The SMILES string of the molecule is Cc1nc(-c2ccco2)nc2sc(C(=O)NC[C@@H](C3CC3)N(C)C)c(C)c12. The third kappa shape index (κ3) is 3.49. The van der Waals surface area contributed by atoms with Crippen molar-refractivity contribution in [3.8, 4) is 11.6 Å². The van der Waals surface area contributed by atoms with Crippen molar-refractivity contribution in [2.45, 2.75) is 32.7 Å². The number of amides is 1. The number of rotatable bonds is 6. The van der Waals surface area contributed by atoms with E-state index in [1.807, 2.05) is 26.0 Å². The van der Waals surface area contributed by atoms with Gasteiger partial charge in [0.05, 0.1) is 16.8 Å². The van der Waals surface area contributed by atoms with E-state index in [1.165, 1.54) is 24.2 Å². The predicted molar refractivity (Wildman–Crippen MR) is 107 cm³/mol. The highest BCUT2D eigenvalue weighted by atomic mass is 32.1. The van der Waals surface area contributed by atoms with Crippen molar-refractivity contribution in [3.05, 3.63) is 34.5 Å². The van der Waals surface area contributed by atoms with Crippen LogP contribution in [0.15, 0.2) is 22.8 Å². The third-order valence-electron chi connectivity index (χ3n) is 5.22. The standard InChI is InChI=1S/C20H24N4O2S/c1-11-16-12(2)22-18(15-6-5-9-26-15)23-20(16)27-17(11)19(25)21-10-14(24(3)4)13-7-8-13/h5-6,9,13-14H,7-8,10H2,1-4H3,(H,21,25)/t14-/m0/s1. The average molecular weight is 385 g/mol. The third-order valence-corrected chi connectivity index (χ3v) is 6.40. The minimum Gasteiger partial charge on any atom is -0.461 e. The molecule has 1 aliphatic rings. The van der Waals surface area contributed by atoms with E-state index in [1.54, 1.807) is 6.26 Å². The largest absolute Gasteiger partial charge is 0.461 e. The first-order chi connectivity index (χ1) is 13.0. The van der Waals surface area contributed by atoms with Gasteiger partial charge in [0.1, 0.15) is 4.83 Å². The Kier molecular flexibility index (Phi) is 4.74. The molecular weight excluding hydrogens is 360 g/mol. The van der Waals surface area contributed by atoms with E-state index in [0.717, 1.165) is 21.5 Å². The average Bonchev–Trinajstić information content (AvgIpc) is 3.17. The number of aromatic nitrogens is 2. The summed E-state index contributed by atoms with van der Waals surface area (Å²) in [6.45, 7) is 4.60. The van der Waals surface area contributed by atoms with Gasteiger partial charge in [0, 0.05) is 18.0 Å². The molecule has 7 heteroatoms. The highest BCUT2D eigenvalue weighted by Crippen LogP contribution is 2.35. The summed E-state index contributed by atoms with van der Waals surface area (Å²) in [5.74, 6) is 1.87. The molecular formula is C20H24N4O2S. The Labute approximate surface area is 162 Å². The van der Waals surface area contributed by atoms with Crippen LogP contribution in [0.3, 0.4) is 0 Å². The van der Waals surface area contributed by atoms with Gasteiger partial charge in [0.25, 0.3) is 5.91 Å². The van der Waals surface area contributed by atoms with Gasteiger partial charge in [-0.1, -0.05) is 0 Å². The second kappa shape index (κ2) is 7.05. The molecule has 0 radical (unpaired) electrons. The molecule has 0 bridgehead atoms. The monoisotopic (exact) mass is 384 g/mol. The zero-order valence-corrected chi connectivity index (χ0v) is 16.9. The molecule has 0 saturated heterocycles. The van der Waals surface area contributed by atoms with Crippen molar-refractivity contribution >= 4 is 27.5 Å². The maximum absolute atomic E-state index is 12.8. The van der Waals surface area contributed by atoms with E-state index in [0.29, 0.717) is 35.0 Å². The highest BCUT2D eigenvalue weighted by Gasteiger charge is 2.33. The molecule has 3 aromatic heterocycles.